The van der Waals surface area contributed by atoms with Crippen LogP contribution in [-0.4, -0.2) is 0 Å². The lowest BCUT2D eigenvalue weighted by molar-refractivity contribution is 0.477. The second-order valence-corrected chi connectivity index (χ2v) is 6.91. The van der Waals surface area contributed by atoms with Gasteiger partial charge in [0.1, 0.15) is 0 Å². The number of fused-ring (bicyclic) bond motifs is 2. The molecule has 1 aliphatic rings. The van der Waals surface area contributed by atoms with E-state index in [2.05, 4.69) is 17.0 Å². The van der Waals surface area contributed by atoms with Crippen LogP contribution < -0.4 is 9.64 Å². The van der Waals surface area contributed by atoms with Gasteiger partial charge in [-0.2, -0.15) is 10.5 Å². The number of rotatable bonds is 2. The molecule has 0 saturated carbocycles. The van der Waals surface area contributed by atoms with Gasteiger partial charge in [0, 0.05) is 5.56 Å². The minimum atomic E-state index is 0.460. The molecule has 0 radical (unpaired) electrons. The summed E-state index contributed by atoms with van der Waals surface area (Å²) in [5.41, 5.74) is 5.48. The van der Waals surface area contributed by atoms with Crippen molar-refractivity contribution in [3.63, 3.8) is 0 Å². The molecule has 0 amide bonds. The normalized spacial score (nSPS) is 11.5. The average Bonchev–Trinajstić information content (AvgIpc) is 2.82. The van der Waals surface area contributed by atoms with Gasteiger partial charge in [-0.25, -0.2) is 0 Å². The van der Waals surface area contributed by atoms with Gasteiger partial charge in [0.2, 0.25) is 0 Å². The molecule has 0 aromatic heterocycles. The summed E-state index contributed by atoms with van der Waals surface area (Å²) in [5, 5.41) is 18.8. The van der Waals surface area contributed by atoms with Gasteiger partial charge in [0.15, 0.2) is 11.5 Å². The first kappa shape index (κ1) is 17.6. The van der Waals surface area contributed by atoms with Crippen LogP contribution in [0.3, 0.4) is 0 Å². The van der Waals surface area contributed by atoms with Crippen LogP contribution in [0.1, 0.15) is 11.1 Å². The highest BCUT2D eigenvalue weighted by Gasteiger charge is 2.27. The minimum Gasteiger partial charge on any atom is -0.453 e. The van der Waals surface area contributed by atoms with Crippen LogP contribution in [0, 0.1) is 22.7 Å². The standard InChI is InChI=1S/C26H15N3O/c27-16-18-13-19(17-28)15-20(14-18)21-7-1-2-8-22(21)29-23-9-3-5-11-25(23)30-26-12-6-4-10-24(26)29/h1-15H. The van der Waals surface area contributed by atoms with Crippen molar-refractivity contribution in [2.45, 2.75) is 0 Å². The third-order valence-corrected chi connectivity index (χ3v) is 5.08. The fourth-order valence-corrected chi connectivity index (χ4v) is 3.79. The topological polar surface area (TPSA) is 60.0 Å². The van der Waals surface area contributed by atoms with Crippen molar-refractivity contribution in [2.75, 3.05) is 4.90 Å². The van der Waals surface area contributed by atoms with E-state index in [4.69, 9.17) is 4.74 Å². The Morgan fingerprint density at radius 2 is 1.10 bits per heavy atom. The first-order valence-electron chi connectivity index (χ1n) is 9.49. The van der Waals surface area contributed by atoms with Crippen molar-refractivity contribution in [1.82, 2.24) is 0 Å². The van der Waals surface area contributed by atoms with E-state index >= 15 is 0 Å². The van der Waals surface area contributed by atoms with Gasteiger partial charge in [-0.3, -0.25) is 0 Å². The molecule has 0 bridgehead atoms. The number of nitrogens with zero attached hydrogens (tertiary/aromatic N) is 3. The number of ether oxygens (including phenoxy) is 1. The molecular weight excluding hydrogens is 370 g/mol. The smallest absolute Gasteiger partial charge is 0.151 e. The lowest BCUT2D eigenvalue weighted by Crippen LogP contribution is -2.16. The van der Waals surface area contributed by atoms with Gasteiger partial charge in [-0.1, -0.05) is 42.5 Å². The molecule has 1 heterocycles. The van der Waals surface area contributed by atoms with Crippen LogP contribution in [0.25, 0.3) is 11.1 Å². The number of anilines is 3. The zero-order valence-corrected chi connectivity index (χ0v) is 15.9. The zero-order chi connectivity index (χ0) is 20.5. The van der Waals surface area contributed by atoms with E-state index in [0.29, 0.717) is 11.1 Å². The molecule has 4 heteroatoms. The Balaban J connectivity index is 1.77. The number of benzene rings is 4. The number of hydrogen-bond donors (Lipinski definition) is 0. The van der Waals surface area contributed by atoms with Crippen LogP contribution >= 0.6 is 0 Å². The summed E-state index contributed by atoms with van der Waals surface area (Å²) < 4.78 is 6.12. The van der Waals surface area contributed by atoms with E-state index in [-0.39, 0.29) is 0 Å². The lowest BCUT2D eigenvalue weighted by atomic mass is 9.97. The molecule has 1 aliphatic heterocycles. The van der Waals surface area contributed by atoms with Crippen LogP contribution in [0.4, 0.5) is 17.1 Å². The van der Waals surface area contributed by atoms with Crippen molar-refractivity contribution < 1.29 is 4.74 Å². The molecular formula is C26H15N3O. The van der Waals surface area contributed by atoms with Gasteiger partial charge in [0.05, 0.1) is 40.3 Å². The SMILES string of the molecule is N#Cc1cc(C#N)cc(-c2ccccc2N2c3ccccc3Oc3ccccc32)c1. The van der Waals surface area contributed by atoms with Crippen LogP contribution in [0.5, 0.6) is 11.5 Å². The van der Waals surface area contributed by atoms with Crippen molar-refractivity contribution in [3.8, 4) is 34.8 Å². The number of hydrogen-bond acceptors (Lipinski definition) is 4. The Hall–Kier alpha value is -4.54. The number of para-hydroxylation sites is 5. The van der Waals surface area contributed by atoms with Crippen molar-refractivity contribution in [1.29, 1.82) is 10.5 Å². The van der Waals surface area contributed by atoms with Crippen LogP contribution in [-0.2, 0) is 0 Å². The van der Waals surface area contributed by atoms with E-state index in [1.807, 2.05) is 84.9 Å². The molecule has 0 N–H and O–H groups in total. The van der Waals surface area contributed by atoms with Crippen molar-refractivity contribution in [2.24, 2.45) is 0 Å². The van der Waals surface area contributed by atoms with E-state index < -0.39 is 0 Å². The second-order valence-electron chi connectivity index (χ2n) is 6.91. The van der Waals surface area contributed by atoms with E-state index in [1.54, 1.807) is 6.07 Å². The maximum absolute atomic E-state index is 9.42. The molecule has 140 valence electrons. The first-order chi connectivity index (χ1) is 14.8. The fourth-order valence-electron chi connectivity index (χ4n) is 3.79. The zero-order valence-electron chi connectivity index (χ0n) is 15.9. The Kier molecular flexibility index (Phi) is 4.17. The molecule has 0 unspecified atom stereocenters. The summed E-state index contributed by atoms with van der Waals surface area (Å²) in [6, 6.07) is 33.4. The summed E-state index contributed by atoms with van der Waals surface area (Å²) in [4.78, 5) is 2.16. The molecule has 0 atom stereocenters. The Labute approximate surface area is 174 Å². The van der Waals surface area contributed by atoms with Crippen LogP contribution in [0.15, 0.2) is 91.0 Å². The summed E-state index contributed by atoms with van der Waals surface area (Å²) in [5.74, 6) is 1.55. The third-order valence-electron chi connectivity index (χ3n) is 5.08. The Morgan fingerprint density at radius 3 is 1.67 bits per heavy atom. The van der Waals surface area contributed by atoms with Gasteiger partial charge >= 0.3 is 0 Å². The lowest BCUT2D eigenvalue weighted by Gasteiger charge is -2.34. The highest BCUT2D eigenvalue weighted by atomic mass is 16.5. The highest BCUT2D eigenvalue weighted by molar-refractivity contribution is 5.93. The highest BCUT2D eigenvalue weighted by Crippen LogP contribution is 2.51. The molecule has 0 aliphatic carbocycles. The maximum Gasteiger partial charge on any atom is 0.151 e. The summed E-state index contributed by atoms with van der Waals surface area (Å²) in [6.45, 7) is 0. The Morgan fingerprint density at radius 1 is 0.600 bits per heavy atom. The largest absolute Gasteiger partial charge is 0.453 e. The van der Waals surface area contributed by atoms with Crippen molar-refractivity contribution >= 4 is 17.1 Å². The molecule has 0 fully saturated rings. The van der Waals surface area contributed by atoms with Crippen molar-refractivity contribution in [3.05, 3.63) is 102 Å². The second kappa shape index (κ2) is 7.13. The van der Waals surface area contributed by atoms with Crippen LogP contribution in [0.2, 0.25) is 0 Å². The molecule has 4 aromatic carbocycles. The van der Waals surface area contributed by atoms with E-state index in [9.17, 15) is 10.5 Å². The average molecular weight is 385 g/mol. The van der Waals surface area contributed by atoms with Gasteiger partial charge in [-0.05, 0) is 54.1 Å². The predicted octanol–water partition coefficient (Wildman–Crippen LogP) is 6.67. The third kappa shape index (κ3) is 2.85. The van der Waals surface area contributed by atoms with E-state index in [1.165, 1.54) is 0 Å². The monoisotopic (exact) mass is 385 g/mol. The van der Waals surface area contributed by atoms with Gasteiger partial charge in [0.25, 0.3) is 0 Å². The van der Waals surface area contributed by atoms with E-state index in [0.717, 1.165) is 39.7 Å². The maximum atomic E-state index is 9.42. The minimum absolute atomic E-state index is 0.460. The summed E-state index contributed by atoms with van der Waals surface area (Å²) in [7, 11) is 0. The summed E-state index contributed by atoms with van der Waals surface area (Å²) in [6.07, 6.45) is 0. The first-order valence-corrected chi connectivity index (χ1v) is 9.49. The number of nitriles is 2. The quantitative estimate of drug-likeness (QED) is 0.340. The molecule has 30 heavy (non-hydrogen) atoms. The molecule has 4 nitrogen and oxygen atoms in total. The molecule has 5 rings (SSSR count). The van der Waals surface area contributed by atoms with Gasteiger partial charge in [-0.15, -0.1) is 0 Å². The summed E-state index contributed by atoms with van der Waals surface area (Å²) >= 11 is 0. The molecule has 0 spiro atoms. The Bertz CT molecular complexity index is 1280. The van der Waals surface area contributed by atoms with Gasteiger partial charge < -0.3 is 9.64 Å². The molecule has 4 aromatic rings. The fraction of sp³-hybridized carbons (Fsp3) is 0. The molecule has 0 saturated heterocycles. The predicted molar refractivity (Wildman–Crippen MR) is 116 cm³/mol.